The second-order valence-corrected chi connectivity index (χ2v) is 6.69. The van der Waals surface area contributed by atoms with Gasteiger partial charge in [0.25, 0.3) is 0 Å². The van der Waals surface area contributed by atoms with Crippen molar-refractivity contribution >= 4 is 40.3 Å². The van der Waals surface area contributed by atoms with Crippen molar-refractivity contribution in [1.29, 1.82) is 0 Å². The molecule has 0 saturated carbocycles. The van der Waals surface area contributed by atoms with Crippen molar-refractivity contribution in [3.05, 3.63) is 51.4 Å². The standard InChI is InChI=1S/C14H14ClN3S2/c1-2-18-13(10-6-7-11(15)20-10)12(17-14(18)19)9-5-3-4-8-16-9/h3-8,12-13H,2H2,1H3,(H,17,19). The second-order valence-electron chi connectivity index (χ2n) is 4.55. The molecule has 3 rings (SSSR count). The molecule has 1 fully saturated rings. The van der Waals surface area contributed by atoms with Crippen LogP contribution in [0.3, 0.4) is 0 Å². The molecule has 0 amide bonds. The van der Waals surface area contributed by atoms with E-state index in [9.17, 15) is 0 Å². The summed E-state index contributed by atoms with van der Waals surface area (Å²) in [5, 5.41) is 4.16. The predicted octanol–water partition coefficient (Wildman–Crippen LogP) is 3.79. The fourth-order valence-electron chi connectivity index (χ4n) is 2.54. The van der Waals surface area contributed by atoms with Gasteiger partial charge in [0.1, 0.15) is 0 Å². The number of likely N-dealkylation sites (N-methyl/N-ethyl adjacent to an activating group) is 1. The van der Waals surface area contributed by atoms with Gasteiger partial charge in [-0.15, -0.1) is 11.3 Å². The number of hydrogen-bond donors (Lipinski definition) is 1. The normalized spacial score (nSPS) is 22.1. The molecule has 0 bridgehead atoms. The zero-order chi connectivity index (χ0) is 14.1. The number of thiophene rings is 1. The molecule has 0 aliphatic carbocycles. The Balaban J connectivity index is 2.02. The Bertz CT molecular complexity index is 614. The monoisotopic (exact) mass is 323 g/mol. The molecule has 2 aromatic rings. The van der Waals surface area contributed by atoms with E-state index in [1.54, 1.807) is 11.3 Å². The van der Waals surface area contributed by atoms with Crippen LogP contribution in [0.5, 0.6) is 0 Å². The van der Waals surface area contributed by atoms with Gasteiger partial charge in [0, 0.05) is 17.6 Å². The van der Waals surface area contributed by atoms with Crippen LogP contribution in [0.2, 0.25) is 4.34 Å². The molecule has 104 valence electrons. The van der Waals surface area contributed by atoms with Crippen LogP contribution < -0.4 is 5.32 Å². The van der Waals surface area contributed by atoms with Gasteiger partial charge >= 0.3 is 0 Å². The van der Waals surface area contributed by atoms with Crippen molar-refractivity contribution in [3.8, 4) is 0 Å². The highest BCUT2D eigenvalue weighted by molar-refractivity contribution is 7.80. The Morgan fingerprint density at radius 2 is 2.25 bits per heavy atom. The third kappa shape index (κ3) is 2.41. The van der Waals surface area contributed by atoms with Crippen LogP contribution >= 0.6 is 35.2 Å². The number of pyridine rings is 1. The molecule has 20 heavy (non-hydrogen) atoms. The van der Waals surface area contributed by atoms with Gasteiger partial charge in [-0.05, 0) is 43.4 Å². The SMILES string of the molecule is CCN1C(=S)NC(c2ccccn2)C1c1ccc(Cl)s1. The molecule has 2 atom stereocenters. The van der Waals surface area contributed by atoms with Gasteiger partial charge in [0.15, 0.2) is 5.11 Å². The number of nitrogens with zero attached hydrogens (tertiary/aromatic N) is 2. The molecule has 3 nitrogen and oxygen atoms in total. The number of aromatic nitrogens is 1. The van der Waals surface area contributed by atoms with Gasteiger partial charge in [-0.3, -0.25) is 4.98 Å². The molecule has 1 aliphatic rings. The summed E-state index contributed by atoms with van der Waals surface area (Å²) in [6.45, 7) is 2.96. The minimum absolute atomic E-state index is 0.0679. The largest absolute Gasteiger partial charge is 0.352 e. The molecule has 0 spiro atoms. The highest BCUT2D eigenvalue weighted by Crippen LogP contribution is 2.41. The Morgan fingerprint density at radius 3 is 2.85 bits per heavy atom. The van der Waals surface area contributed by atoms with E-state index in [1.165, 1.54) is 4.88 Å². The maximum absolute atomic E-state index is 6.09. The third-order valence-electron chi connectivity index (χ3n) is 3.42. The van der Waals surface area contributed by atoms with Gasteiger partial charge in [0.05, 0.1) is 22.1 Å². The summed E-state index contributed by atoms with van der Waals surface area (Å²) < 4.78 is 0.800. The lowest BCUT2D eigenvalue weighted by Gasteiger charge is -2.25. The van der Waals surface area contributed by atoms with E-state index >= 15 is 0 Å². The fraction of sp³-hybridized carbons (Fsp3) is 0.286. The maximum atomic E-state index is 6.09. The Morgan fingerprint density at radius 1 is 1.40 bits per heavy atom. The molecule has 6 heteroatoms. The first-order valence-corrected chi connectivity index (χ1v) is 8.04. The van der Waals surface area contributed by atoms with Crippen LogP contribution in [0, 0.1) is 0 Å². The molecule has 1 saturated heterocycles. The van der Waals surface area contributed by atoms with Crippen LogP contribution in [-0.2, 0) is 0 Å². The van der Waals surface area contributed by atoms with Crippen molar-refractivity contribution in [2.45, 2.75) is 19.0 Å². The minimum atomic E-state index is 0.0679. The van der Waals surface area contributed by atoms with Crippen molar-refractivity contribution in [1.82, 2.24) is 15.2 Å². The van der Waals surface area contributed by atoms with E-state index in [0.717, 1.165) is 21.7 Å². The van der Waals surface area contributed by atoms with Gasteiger partial charge in [-0.25, -0.2) is 0 Å². The van der Waals surface area contributed by atoms with E-state index in [0.29, 0.717) is 0 Å². The number of thiocarbonyl (C=S) groups is 1. The first kappa shape index (κ1) is 13.8. The summed E-state index contributed by atoms with van der Waals surface area (Å²) in [5.74, 6) is 0. The third-order valence-corrected chi connectivity index (χ3v) is 5.08. The molecular weight excluding hydrogens is 310 g/mol. The lowest BCUT2D eigenvalue weighted by atomic mass is 10.0. The zero-order valence-corrected chi connectivity index (χ0v) is 13.3. The van der Waals surface area contributed by atoms with E-state index in [4.69, 9.17) is 23.8 Å². The molecular formula is C14H14ClN3S2. The summed E-state index contributed by atoms with van der Waals surface area (Å²) in [6.07, 6.45) is 1.81. The van der Waals surface area contributed by atoms with E-state index < -0.39 is 0 Å². The van der Waals surface area contributed by atoms with Crippen LogP contribution in [0.15, 0.2) is 36.5 Å². The van der Waals surface area contributed by atoms with Gasteiger partial charge in [-0.2, -0.15) is 0 Å². The summed E-state index contributed by atoms with van der Waals surface area (Å²) in [7, 11) is 0. The molecule has 1 aliphatic heterocycles. The second kappa shape index (κ2) is 5.68. The number of halogens is 1. The van der Waals surface area contributed by atoms with Crippen LogP contribution in [0.25, 0.3) is 0 Å². The maximum Gasteiger partial charge on any atom is 0.170 e. The predicted molar refractivity (Wildman–Crippen MR) is 87.2 cm³/mol. The molecule has 1 N–H and O–H groups in total. The topological polar surface area (TPSA) is 28.2 Å². The average molecular weight is 324 g/mol. The van der Waals surface area contributed by atoms with Gasteiger partial charge in [-0.1, -0.05) is 17.7 Å². The number of hydrogen-bond acceptors (Lipinski definition) is 3. The Hall–Kier alpha value is -1.17. The Labute approximate surface area is 132 Å². The van der Waals surface area contributed by atoms with Crippen molar-refractivity contribution in [2.75, 3.05) is 6.54 Å². The minimum Gasteiger partial charge on any atom is -0.352 e. The van der Waals surface area contributed by atoms with E-state index in [1.807, 2.05) is 30.5 Å². The molecule has 2 unspecified atom stereocenters. The fourth-order valence-corrected chi connectivity index (χ4v) is 4.12. The van der Waals surface area contributed by atoms with E-state index in [-0.39, 0.29) is 12.1 Å². The van der Waals surface area contributed by atoms with Crippen molar-refractivity contribution in [3.63, 3.8) is 0 Å². The van der Waals surface area contributed by atoms with Crippen LogP contribution in [0.1, 0.15) is 29.6 Å². The highest BCUT2D eigenvalue weighted by atomic mass is 35.5. The number of rotatable bonds is 3. The Kier molecular flexibility index (Phi) is 3.92. The smallest absolute Gasteiger partial charge is 0.170 e. The first-order chi connectivity index (χ1) is 9.70. The summed E-state index contributed by atoms with van der Waals surface area (Å²) >= 11 is 13.2. The van der Waals surface area contributed by atoms with E-state index in [2.05, 4.69) is 28.2 Å². The number of nitrogens with one attached hydrogen (secondary N) is 1. The van der Waals surface area contributed by atoms with Crippen LogP contribution in [-0.4, -0.2) is 21.5 Å². The zero-order valence-electron chi connectivity index (χ0n) is 10.9. The summed E-state index contributed by atoms with van der Waals surface area (Å²) in [6, 6.07) is 10.2. The van der Waals surface area contributed by atoms with Crippen molar-refractivity contribution in [2.24, 2.45) is 0 Å². The molecule has 0 radical (unpaired) electrons. The lowest BCUT2D eigenvalue weighted by Crippen LogP contribution is -2.28. The van der Waals surface area contributed by atoms with Gasteiger partial charge < -0.3 is 10.2 Å². The summed E-state index contributed by atoms with van der Waals surface area (Å²) in [4.78, 5) is 7.87. The average Bonchev–Trinajstić information content (AvgIpc) is 3.03. The summed E-state index contributed by atoms with van der Waals surface area (Å²) in [5.41, 5.74) is 1.00. The molecule has 0 aromatic carbocycles. The first-order valence-electron chi connectivity index (χ1n) is 6.44. The molecule has 2 aromatic heterocycles. The van der Waals surface area contributed by atoms with Crippen molar-refractivity contribution < 1.29 is 0 Å². The lowest BCUT2D eigenvalue weighted by molar-refractivity contribution is 0.335. The quantitative estimate of drug-likeness (QED) is 0.870. The molecule has 3 heterocycles. The van der Waals surface area contributed by atoms with Gasteiger partial charge in [0.2, 0.25) is 0 Å². The van der Waals surface area contributed by atoms with Crippen LogP contribution in [0.4, 0.5) is 0 Å². The highest BCUT2D eigenvalue weighted by Gasteiger charge is 2.39.